The average Bonchev–Trinajstić information content (AvgIpc) is 3.43. The fourth-order valence-electron chi connectivity index (χ4n) is 6.04. The molecule has 4 heteroatoms. The molecule has 0 aromatic heterocycles. The number of nitrogens with zero attached hydrogens (tertiary/aromatic N) is 2. The first-order valence-corrected chi connectivity index (χ1v) is 15.0. The summed E-state index contributed by atoms with van der Waals surface area (Å²) in [6, 6.07) is 21.1. The van der Waals surface area contributed by atoms with Crippen LogP contribution in [0.5, 0.6) is 0 Å². The van der Waals surface area contributed by atoms with Gasteiger partial charge in [0.1, 0.15) is 6.04 Å². The summed E-state index contributed by atoms with van der Waals surface area (Å²) in [4.78, 5) is 16.2. The van der Waals surface area contributed by atoms with Crippen LogP contribution in [-0.2, 0) is 11.2 Å². The van der Waals surface area contributed by atoms with Gasteiger partial charge in [-0.15, -0.1) is 0 Å². The lowest BCUT2D eigenvalue weighted by Gasteiger charge is -2.36. The van der Waals surface area contributed by atoms with Crippen LogP contribution in [0.25, 0.3) is 0 Å². The highest BCUT2D eigenvalue weighted by atomic mass is 16.4. The van der Waals surface area contributed by atoms with E-state index in [9.17, 15) is 9.90 Å². The molecule has 3 fully saturated rings. The third kappa shape index (κ3) is 10.4. The fraction of sp³-hybridized carbons (Fsp3) is 0.514. The number of carboxylic acid groups (broad SMARTS) is 1. The van der Waals surface area contributed by atoms with E-state index < -0.39 is 5.97 Å². The summed E-state index contributed by atoms with van der Waals surface area (Å²) < 4.78 is 0. The van der Waals surface area contributed by atoms with Gasteiger partial charge in [0.25, 0.3) is 0 Å². The van der Waals surface area contributed by atoms with Gasteiger partial charge in [-0.25, -0.2) is 0 Å². The Hall–Kier alpha value is -2.69. The van der Waals surface area contributed by atoms with Crippen molar-refractivity contribution in [2.45, 2.75) is 69.7 Å². The number of carboxylic acids is 1. The predicted molar refractivity (Wildman–Crippen MR) is 164 cm³/mol. The number of aryl methyl sites for hydroxylation is 1. The predicted octanol–water partition coefficient (Wildman–Crippen LogP) is 7.44. The molecule has 2 aliphatic heterocycles. The molecule has 2 heterocycles. The van der Waals surface area contributed by atoms with Crippen LogP contribution in [0.1, 0.15) is 68.4 Å². The van der Waals surface area contributed by atoms with Crippen molar-refractivity contribution in [3.63, 3.8) is 0 Å². The summed E-state index contributed by atoms with van der Waals surface area (Å²) in [5, 5.41) is 9.48. The summed E-state index contributed by atoms with van der Waals surface area (Å²) in [5.41, 5.74) is 2.85. The first-order valence-electron chi connectivity index (χ1n) is 15.0. The molecule has 2 atom stereocenters. The first kappa shape index (κ1) is 30.8. The Morgan fingerprint density at radius 1 is 0.923 bits per heavy atom. The zero-order valence-corrected chi connectivity index (χ0v) is 24.1. The second kappa shape index (κ2) is 17.1. The van der Waals surface area contributed by atoms with Gasteiger partial charge in [0.15, 0.2) is 0 Å². The van der Waals surface area contributed by atoms with Crippen molar-refractivity contribution in [3.8, 4) is 0 Å². The van der Waals surface area contributed by atoms with Crippen LogP contribution in [0.2, 0.25) is 0 Å². The highest BCUT2D eigenvalue weighted by molar-refractivity contribution is 5.74. The zero-order chi connectivity index (χ0) is 27.9. The topological polar surface area (TPSA) is 43.8 Å². The lowest BCUT2D eigenvalue weighted by molar-refractivity contribution is -0.146. The molecule has 1 saturated carbocycles. The van der Waals surface area contributed by atoms with Crippen molar-refractivity contribution in [2.75, 3.05) is 33.2 Å². The molecule has 212 valence electrons. The highest BCUT2D eigenvalue weighted by Gasteiger charge is 2.40. The number of rotatable bonds is 9. The van der Waals surface area contributed by atoms with E-state index in [4.69, 9.17) is 0 Å². The number of piperidine rings is 1. The molecule has 5 rings (SSSR count). The molecule has 0 spiro atoms. The summed E-state index contributed by atoms with van der Waals surface area (Å²) in [7, 11) is 2.24. The van der Waals surface area contributed by atoms with Crippen LogP contribution in [-0.4, -0.2) is 60.1 Å². The number of likely N-dealkylation sites (tertiary alicyclic amines) is 2. The number of allylic oxidation sites excluding steroid dienone is 2. The smallest absolute Gasteiger partial charge is 0.321 e. The van der Waals surface area contributed by atoms with Gasteiger partial charge < -0.3 is 10.0 Å². The third-order valence-electron chi connectivity index (χ3n) is 8.66. The van der Waals surface area contributed by atoms with E-state index in [1.54, 1.807) is 12.2 Å². The minimum absolute atomic E-state index is 0.248. The number of benzene rings is 2. The minimum Gasteiger partial charge on any atom is -0.480 e. The summed E-state index contributed by atoms with van der Waals surface area (Å²) >= 11 is 0. The maximum absolute atomic E-state index is 11.5. The Kier molecular flexibility index (Phi) is 13.5. The molecule has 0 bridgehead atoms. The van der Waals surface area contributed by atoms with E-state index in [-0.39, 0.29) is 6.04 Å². The lowest BCUT2D eigenvalue weighted by atomic mass is 9.79. The Labute approximate surface area is 237 Å². The van der Waals surface area contributed by atoms with Crippen molar-refractivity contribution in [2.24, 2.45) is 11.8 Å². The Balaban J connectivity index is 0.000000192. The second-order valence-corrected chi connectivity index (χ2v) is 11.5. The molecule has 2 aromatic rings. The number of hydrogen-bond donors (Lipinski definition) is 1. The van der Waals surface area contributed by atoms with Crippen molar-refractivity contribution in [1.29, 1.82) is 0 Å². The van der Waals surface area contributed by atoms with Gasteiger partial charge in [0.2, 0.25) is 0 Å². The summed E-state index contributed by atoms with van der Waals surface area (Å²) in [6.45, 7) is 11.1. The Morgan fingerprint density at radius 3 is 2.08 bits per heavy atom. The molecule has 1 aliphatic carbocycles. The maximum atomic E-state index is 11.5. The van der Waals surface area contributed by atoms with Gasteiger partial charge >= 0.3 is 5.97 Å². The van der Waals surface area contributed by atoms with Crippen molar-refractivity contribution in [1.82, 2.24) is 9.80 Å². The van der Waals surface area contributed by atoms with Crippen molar-refractivity contribution in [3.05, 3.63) is 97.1 Å². The van der Waals surface area contributed by atoms with E-state index in [1.165, 1.54) is 62.7 Å². The third-order valence-corrected chi connectivity index (χ3v) is 8.66. The lowest BCUT2D eigenvalue weighted by Crippen LogP contribution is -2.47. The number of aliphatic carboxylic acids is 1. The van der Waals surface area contributed by atoms with E-state index in [0.29, 0.717) is 11.8 Å². The Bertz CT molecular complexity index is 959. The van der Waals surface area contributed by atoms with E-state index in [2.05, 4.69) is 84.6 Å². The van der Waals surface area contributed by atoms with Crippen LogP contribution in [0, 0.1) is 11.8 Å². The molecule has 0 radical (unpaired) electrons. The normalized spacial score (nSPS) is 20.9. The molecular formula is C35H50N2O2. The molecule has 0 amide bonds. The van der Waals surface area contributed by atoms with E-state index >= 15 is 0 Å². The van der Waals surface area contributed by atoms with Gasteiger partial charge in [-0.1, -0.05) is 98.8 Å². The van der Waals surface area contributed by atoms with Crippen molar-refractivity contribution >= 4 is 5.97 Å². The number of carbonyl (C=O) groups is 1. The van der Waals surface area contributed by atoms with Gasteiger partial charge in [-0.3, -0.25) is 9.69 Å². The van der Waals surface area contributed by atoms with Gasteiger partial charge in [-0.2, -0.15) is 0 Å². The van der Waals surface area contributed by atoms with Crippen LogP contribution in [0.3, 0.4) is 0 Å². The highest BCUT2D eigenvalue weighted by Crippen LogP contribution is 2.36. The zero-order valence-electron chi connectivity index (χ0n) is 24.1. The molecule has 2 aromatic carbocycles. The summed E-state index contributed by atoms with van der Waals surface area (Å²) in [6.07, 6.45) is 14.6. The molecule has 2 saturated heterocycles. The molecule has 1 N–H and O–H groups in total. The van der Waals surface area contributed by atoms with Crippen LogP contribution < -0.4 is 0 Å². The minimum atomic E-state index is -0.626. The summed E-state index contributed by atoms with van der Waals surface area (Å²) in [5.74, 6) is 1.24. The molecule has 39 heavy (non-hydrogen) atoms. The first-order chi connectivity index (χ1) is 19.0. The largest absolute Gasteiger partial charge is 0.480 e. The molecule has 3 aliphatic rings. The molecule has 0 unspecified atom stereocenters. The number of hydrogen-bond acceptors (Lipinski definition) is 3. The molecule has 4 nitrogen and oxygen atoms in total. The Morgan fingerprint density at radius 2 is 1.54 bits per heavy atom. The van der Waals surface area contributed by atoms with Crippen LogP contribution in [0.4, 0.5) is 0 Å². The monoisotopic (exact) mass is 530 g/mol. The fourth-order valence-corrected chi connectivity index (χ4v) is 6.04. The standard InChI is InChI=1S/C16H21NO2.C15H23N.C4H6/c18-16(19)15(13-7-4-8-13)17-10-9-14(11-17)12-5-2-1-3-6-12;1-16-12-10-15(11-13-16)9-5-8-14-6-3-2-4-7-14;1-3-4-2/h1-3,5-6,13-15H,4,7-11H2,(H,18,19);2-4,6-7,15H,5,8-13H2,1H3;3-4H,1-2H2/t14-,15-;;/m1../s1. The van der Waals surface area contributed by atoms with Crippen LogP contribution in [0.15, 0.2) is 86.0 Å². The second-order valence-electron chi connectivity index (χ2n) is 11.5. The van der Waals surface area contributed by atoms with E-state index in [0.717, 1.165) is 38.3 Å². The van der Waals surface area contributed by atoms with Crippen LogP contribution >= 0.6 is 0 Å². The average molecular weight is 531 g/mol. The van der Waals surface area contributed by atoms with Gasteiger partial charge in [-0.05, 0) is 101 Å². The maximum Gasteiger partial charge on any atom is 0.321 e. The van der Waals surface area contributed by atoms with Gasteiger partial charge in [0, 0.05) is 6.54 Å². The quantitative estimate of drug-likeness (QED) is 0.342. The SMILES string of the molecule is C=CC=C.CN1CCC(CCCc2ccccc2)CC1.O=C(O)[C@@H](C1CCC1)N1CC[C@@H](c2ccccc2)C1. The van der Waals surface area contributed by atoms with Gasteiger partial charge in [0.05, 0.1) is 0 Å². The molecular weight excluding hydrogens is 480 g/mol. The van der Waals surface area contributed by atoms with Crippen molar-refractivity contribution < 1.29 is 9.90 Å². The van der Waals surface area contributed by atoms with E-state index in [1.807, 2.05) is 6.07 Å².